The predicted molar refractivity (Wildman–Crippen MR) is 81.4 cm³/mol. The highest BCUT2D eigenvalue weighted by Gasteiger charge is 2.26. The van der Waals surface area contributed by atoms with E-state index in [2.05, 4.69) is 0 Å². The van der Waals surface area contributed by atoms with Crippen molar-refractivity contribution in [2.75, 3.05) is 39.5 Å². The van der Waals surface area contributed by atoms with Crippen LogP contribution in [-0.2, 0) is 14.3 Å². The quantitative estimate of drug-likeness (QED) is 0.634. The van der Waals surface area contributed by atoms with E-state index in [0.29, 0.717) is 39.5 Å². The fourth-order valence-corrected chi connectivity index (χ4v) is 2.17. The van der Waals surface area contributed by atoms with Crippen molar-refractivity contribution in [1.29, 1.82) is 0 Å². The molecular formula is C16H25NO4. The number of carboxylic acid groups (broad SMARTS) is 1. The molecule has 0 aliphatic carbocycles. The Hall–Kier alpha value is -1.43. The highest BCUT2D eigenvalue weighted by Crippen LogP contribution is 2.20. The first-order valence-corrected chi connectivity index (χ1v) is 7.38. The van der Waals surface area contributed by atoms with E-state index in [-0.39, 0.29) is 0 Å². The summed E-state index contributed by atoms with van der Waals surface area (Å²) in [5.41, 5.74) is 0.776. The molecule has 0 spiro atoms. The predicted octanol–water partition coefficient (Wildman–Crippen LogP) is 2.19. The molecule has 1 rings (SSSR count). The van der Waals surface area contributed by atoms with Crippen LogP contribution in [0.5, 0.6) is 0 Å². The van der Waals surface area contributed by atoms with Crippen molar-refractivity contribution in [1.82, 2.24) is 4.90 Å². The fraction of sp³-hybridized carbons (Fsp3) is 0.562. The van der Waals surface area contributed by atoms with Gasteiger partial charge in [0, 0.05) is 26.3 Å². The van der Waals surface area contributed by atoms with Crippen molar-refractivity contribution in [2.24, 2.45) is 0 Å². The summed E-state index contributed by atoms with van der Waals surface area (Å²) in [5.74, 6) is -0.853. The first kappa shape index (κ1) is 17.6. The molecule has 5 heteroatoms. The van der Waals surface area contributed by atoms with Crippen molar-refractivity contribution in [2.45, 2.75) is 19.9 Å². The summed E-state index contributed by atoms with van der Waals surface area (Å²) in [5, 5.41) is 9.59. The van der Waals surface area contributed by atoms with Gasteiger partial charge in [0.15, 0.2) is 0 Å². The van der Waals surface area contributed by atoms with E-state index in [1.165, 1.54) is 0 Å². The lowest BCUT2D eigenvalue weighted by Crippen LogP contribution is -2.38. The second kappa shape index (κ2) is 10.3. The second-order valence-corrected chi connectivity index (χ2v) is 4.58. The van der Waals surface area contributed by atoms with Crippen molar-refractivity contribution < 1.29 is 19.4 Å². The van der Waals surface area contributed by atoms with Crippen LogP contribution in [0.4, 0.5) is 0 Å². The molecule has 0 aliphatic heterocycles. The van der Waals surface area contributed by atoms with Gasteiger partial charge in [-0.25, -0.2) is 0 Å². The lowest BCUT2D eigenvalue weighted by molar-refractivity contribution is -0.144. The van der Waals surface area contributed by atoms with E-state index < -0.39 is 12.0 Å². The normalized spacial score (nSPS) is 12.5. The largest absolute Gasteiger partial charge is 0.480 e. The number of hydrogen-bond acceptors (Lipinski definition) is 4. The minimum absolute atomic E-state index is 0.513. The average molecular weight is 295 g/mol. The molecule has 0 fully saturated rings. The first-order chi connectivity index (χ1) is 10.2. The standard InChI is InChI=1S/C16H25NO4/c1-3-20-12-10-17(11-13-21-4-2)15(16(18)19)14-8-6-5-7-9-14/h5-9,15H,3-4,10-13H2,1-2H3,(H,18,19). The van der Waals surface area contributed by atoms with Crippen LogP contribution in [0, 0.1) is 0 Å². The lowest BCUT2D eigenvalue weighted by Gasteiger charge is -2.29. The molecular weight excluding hydrogens is 270 g/mol. The van der Waals surface area contributed by atoms with Gasteiger partial charge in [-0.15, -0.1) is 0 Å². The van der Waals surface area contributed by atoms with Gasteiger partial charge in [0.2, 0.25) is 0 Å². The van der Waals surface area contributed by atoms with E-state index in [1.54, 1.807) is 0 Å². The van der Waals surface area contributed by atoms with Crippen molar-refractivity contribution >= 4 is 5.97 Å². The van der Waals surface area contributed by atoms with Gasteiger partial charge in [-0.1, -0.05) is 30.3 Å². The molecule has 0 saturated heterocycles. The van der Waals surface area contributed by atoms with E-state index in [9.17, 15) is 9.90 Å². The van der Waals surface area contributed by atoms with Crippen LogP contribution < -0.4 is 0 Å². The molecule has 0 aromatic heterocycles. The number of benzene rings is 1. The number of carbonyl (C=O) groups is 1. The lowest BCUT2D eigenvalue weighted by atomic mass is 10.1. The van der Waals surface area contributed by atoms with Crippen LogP contribution >= 0.6 is 0 Å². The van der Waals surface area contributed by atoms with Crippen molar-refractivity contribution in [3.63, 3.8) is 0 Å². The van der Waals surface area contributed by atoms with E-state index in [4.69, 9.17) is 9.47 Å². The van der Waals surface area contributed by atoms with Crippen molar-refractivity contribution in [3.8, 4) is 0 Å². The van der Waals surface area contributed by atoms with Gasteiger partial charge in [0.25, 0.3) is 0 Å². The molecule has 21 heavy (non-hydrogen) atoms. The summed E-state index contributed by atoms with van der Waals surface area (Å²) in [6.45, 7) is 7.26. The van der Waals surface area contributed by atoms with Gasteiger partial charge in [-0.2, -0.15) is 0 Å². The summed E-state index contributed by atoms with van der Waals surface area (Å²) in [7, 11) is 0. The summed E-state index contributed by atoms with van der Waals surface area (Å²) in [6, 6.07) is 8.60. The molecule has 0 bridgehead atoms. The van der Waals surface area contributed by atoms with E-state index in [1.807, 2.05) is 49.1 Å². The minimum atomic E-state index is -0.853. The zero-order valence-electron chi connectivity index (χ0n) is 12.8. The van der Waals surface area contributed by atoms with Gasteiger partial charge >= 0.3 is 5.97 Å². The third-order valence-corrected chi connectivity index (χ3v) is 3.17. The molecule has 5 nitrogen and oxygen atoms in total. The van der Waals surface area contributed by atoms with Crippen LogP contribution in [-0.4, -0.2) is 55.5 Å². The van der Waals surface area contributed by atoms with Crippen LogP contribution in [0.2, 0.25) is 0 Å². The summed E-state index contributed by atoms with van der Waals surface area (Å²) >= 11 is 0. The van der Waals surface area contributed by atoms with Crippen LogP contribution in [0.25, 0.3) is 0 Å². The summed E-state index contributed by atoms with van der Waals surface area (Å²) in [4.78, 5) is 13.6. The summed E-state index contributed by atoms with van der Waals surface area (Å²) < 4.78 is 10.7. The number of rotatable bonds is 11. The number of ether oxygens (including phenoxy) is 2. The zero-order valence-corrected chi connectivity index (χ0v) is 12.8. The van der Waals surface area contributed by atoms with Crippen LogP contribution in [0.1, 0.15) is 25.5 Å². The third-order valence-electron chi connectivity index (χ3n) is 3.17. The topological polar surface area (TPSA) is 59.0 Å². The molecule has 118 valence electrons. The molecule has 1 aromatic carbocycles. The Balaban J connectivity index is 2.80. The van der Waals surface area contributed by atoms with E-state index >= 15 is 0 Å². The third kappa shape index (κ3) is 6.25. The Morgan fingerprint density at radius 2 is 1.62 bits per heavy atom. The Labute approximate surface area is 126 Å². The maximum Gasteiger partial charge on any atom is 0.325 e. The summed E-state index contributed by atoms with van der Waals surface area (Å²) in [6.07, 6.45) is 0. The highest BCUT2D eigenvalue weighted by atomic mass is 16.5. The maximum absolute atomic E-state index is 11.7. The Morgan fingerprint density at radius 3 is 2.05 bits per heavy atom. The second-order valence-electron chi connectivity index (χ2n) is 4.58. The smallest absolute Gasteiger partial charge is 0.325 e. The SMILES string of the molecule is CCOCCN(CCOCC)C(C(=O)O)c1ccccc1. The number of nitrogens with zero attached hydrogens (tertiary/aromatic N) is 1. The molecule has 1 unspecified atom stereocenters. The molecule has 1 N–H and O–H groups in total. The Kier molecular flexibility index (Phi) is 8.66. The number of carboxylic acids is 1. The minimum Gasteiger partial charge on any atom is -0.480 e. The molecule has 0 heterocycles. The molecule has 0 saturated carbocycles. The van der Waals surface area contributed by atoms with Gasteiger partial charge in [-0.3, -0.25) is 9.69 Å². The van der Waals surface area contributed by atoms with Crippen molar-refractivity contribution in [3.05, 3.63) is 35.9 Å². The van der Waals surface area contributed by atoms with Gasteiger partial charge in [0.1, 0.15) is 6.04 Å². The maximum atomic E-state index is 11.7. The number of hydrogen-bond donors (Lipinski definition) is 1. The number of aliphatic carboxylic acids is 1. The molecule has 1 aromatic rings. The Morgan fingerprint density at radius 1 is 1.10 bits per heavy atom. The van der Waals surface area contributed by atoms with Gasteiger partial charge < -0.3 is 14.6 Å². The van der Waals surface area contributed by atoms with Gasteiger partial charge in [-0.05, 0) is 19.4 Å². The molecule has 0 amide bonds. The fourth-order valence-electron chi connectivity index (χ4n) is 2.17. The Bertz CT molecular complexity index is 387. The zero-order chi connectivity index (χ0) is 15.5. The van der Waals surface area contributed by atoms with Crippen LogP contribution in [0.15, 0.2) is 30.3 Å². The molecule has 0 radical (unpaired) electrons. The van der Waals surface area contributed by atoms with E-state index in [0.717, 1.165) is 5.56 Å². The highest BCUT2D eigenvalue weighted by molar-refractivity contribution is 5.75. The average Bonchev–Trinajstić information content (AvgIpc) is 2.48. The molecule has 1 atom stereocenters. The monoisotopic (exact) mass is 295 g/mol. The molecule has 0 aliphatic rings. The van der Waals surface area contributed by atoms with Crippen LogP contribution in [0.3, 0.4) is 0 Å². The first-order valence-electron chi connectivity index (χ1n) is 7.38. The van der Waals surface area contributed by atoms with Gasteiger partial charge in [0.05, 0.1) is 13.2 Å².